The minimum atomic E-state index is -0.447. The molecule has 3 rings (SSSR count). The zero-order chi connectivity index (χ0) is 17.8. The average molecular weight is 383 g/mol. The summed E-state index contributed by atoms with van der Waals surface area (Å²) in [4.78, 5) is 33.9. The van der Waals surface area contributed by atoms with Crippen LogP contribution < -0.4 is 5.56 Å². The van der Waals surface area contributed by atoms with E-state index in [1.54, 1.807) is 18.3 Å². The number of nitrogens with one attached hydrogen (secondary N) is 1. The van der Waals surface area contributed by atoms with E-state index in [0.717, 1.165) is 29.5 Å². The third kappa shape index (κ3) is 4.24. The maximum atomic E-state index is 12.5. The first kappa shape index (κ1) is 18.4. The van der Waals surface area contributed by atoms with Gasteiger partial charge < -0.3 is 14.5 Å². The van der Waals surface area contributed by atoms with E-state index in [4.69, 9.17) is 9.47 Å². The van der Waals surface area contributed by atoms with E-state index in [2.05, 4.69) is 9.97 Å². The van der Waals surface area contributed by atoms with Crippen LogP contribution in [0.2, 0.25) is 0 Å². The highest BCUT2D eigenvalue weighted by Crippen LogP contribution is 2.34. The number of thiophene rings is 1. The van der Waals surface area contributed by atoms with E-state index in [-0.39, 0.29) is 18.1 Å². The highest BCUT2D eigenvalue weighted by atomic mass is 32.2. The van der Waals surface area contributed by atoms with Crippen LogP contribution >= 0.6 is 23.1 Å². The lowest BCUT2D eigenvalue weighted by molar-refractivity contribution is -0.144. The minimum absolute atomic E-state index is 0.108. The van der Waals surface area contributed by atoms with Gasteiger partial charge in [-0.25, -0.2) is 4.98 Å². The van der Waals surface area contributed by atoms with Crippen molar-refractivity contribution in [1.82, 2.24) is 9.97 Å². The molecule has 0 radical (unpaired) electrons. The summed E-state index contributed by atoms with van der Waals surface area (Å²) in [6.45, 7) is 4.86. The fraction of sp³-hybridized carbons (Fsp3) is 0.588. The highest BCUT2D eigenvalue weighted by Gasteiger charge is 2.22. The molecule has 2 aromatic heterocycles. The number of ether oxygens (including phenoxy) is 2. The summed E-state index contributed by atoms with van der Waals surface area (Å²) in [5.41, 5.74) is 1.06. The summed E-state index contributed by atoms with van der Waals surface area (Å²) >= 11 is 2.82. The molecule has 1 aliphatic carbocycles. The molecule has 0 aromatic carbocycles. The molecule has 8 heteroatoms. The number of aromatic amines is 1. The van der Waals surface area contributed by atoms with Gasteiger partial charge >= 0.3 is 5.97 Å². The summed E-state index contributed by atoms with van der Waals surface area (Å²) < 4.78 is 10.3. The predicted molar refractivity (Wildman–Crippen MR) is 99.7 cm³/mol. The van der Waals surface area contributed by atoms with Crippen LogP contribution in [0.5, 0.6) is 0 Å². The van der Waals surface area contributed by atoms with Gasteiger partial charge in [-0.05, 0) is 45.1 Å². The standard InChI is InChI=1S/C17H22N2O4S2/c1-3-22-8-9-23-16(21)10(2)24-17-18-14(20)13-11-6-4-5-7-12(11)25-15(13)19-17/h10H,3-9H2,1-2H3,(H,18,19,20)/t10-/m1/s1. The number of nitrogens with zero attached hydrogens (tertiary/aromatic N) is 1. The van der Waals surface area contributed by atoms with Crippen LogP contribution in [0, 0.1) is 0 Å². The van der Waals surface area contributed by atoms with Crippen molar-refractivity contribution >= 4 is 39.3 Å². The maximum absolute atomic E-state index is 12.5. The number of carbonyl (C=O) groups is 1. The Morgan fingerprint density at radius 1 is 1.36 bits per heavy atom. The quantitative estimate of drug-likeness (QED) is 0.343. The lowest BCUT2D eigenvalue weighted by Crippen LogP contribution is -2.20. The fourth-order valence-corrected chi connectivity index (χ4v) is 4.99. The highest BCUT2D eigenvalue weighted by molar-refractivity contribution is 8.00. The molecule has 1 N–H and O–H groups in total. The second-order valence-electron chi connectivity index (χ2n) is 5.89. The van der Waals surface area contributed by atoms with Crippen molar-refractivity contribution in [1.29, 1.82) is 0 Å². The van der Waals surface area contributed by atoms with Gasteiger partial charge in [-0.15, -0.1) is 11.3 Å². The smallest absolute Gasteiger partial charge is 0.319 e. The van der Waals surface area contributed by atoms with Crippen LogP contribution in [0.4, 0.5) is 0 Å². The summed E-state index contributed by atoms with van der Waals surface area (Å²) in [7, 11) is 0. The van der Waals surface area contributed by atoms with Gasteiger partial charge in [-0.3, -0.25) is 9.59 Å². The van der Waals surface area contributed by atoms with Crippen LogP contribution in [0.3, 0.4) is 0 Å². The van der Waals surface area contributed by atoms with Gasteiger partial charge in [0.25, 0.3) is 5.56 Å². The molecule has 1 aliphatic rings. The van der Waals surface area contributed by atoms with Gasteiger partial charge in [0.15, 0.2) is 5.16 Å². The summed E-state index contributed by atoms with van der Waals surface area (Å²) in [5, 5.41) is 0.748. The number of aromatic nitrogens is 2. The fourth-order valence-electron chi connectivity index (χ4n) is 2.88. The Kier molecular flexibility index (Phi) is 6.14. The molecule has 0 bridgehead atoms. The molecule has 0 aliphatic heterocycles. The molecule has 136 valence electrons. The van der Waals surface area contributed by atoms with E-state index in [0.29, 0.717) is 18.4 Å². The Bertz CT molecular complexity index is 815. The molecule has 1 atom stereocenters. The van der Waals surface area contributed by atoms with Gasteiger partial charge in [0, 0.05) is 11.5 Å². The molecule has 0 saturated heterocycles. The topological polar surface area (TPSA) is 81.3 Å². The van der Waals surface area contributed by atoms with Crippen LogP contribution in [0.15, 0.2) is 9.95 Å². The Morgan fingerprint density at radius 3 is 2.96 bits per heavy atom. The van der Waals surface area contributed by atoms with Crippen molar-refractivity contribution in [3.05, 3.63) is 20.8 Å². The first-order chi connectivity index (χ1) is 12.1. The van der Waals surface area contributed by atoms with Crippen molar-refractivity contribution in [2.45, 2.75) is 49.9 Å². The molecule has 0 amide bonds. The van der Waals surface area contributed by atoms with Crippen molar-refractivity contribution < 1.29 is 14.3 Å². The molecular formula is C17H22N2O4S2. The zero-order valence-corrected chi connectivity index (χ0v) is 16.1. The molecule has 25 heavy (non-hydrogen) atoms. The predicted octanol–water partition coefficient (Wildman–Crippen LogP) is 2.92. The van der Waals surface area contributed by atoms with Gasteiger partial charge in [0.2, 0.25) is 0 Å². The molecule has 2 heterocycles. The van der Waals surface area contributed by atoms with Crippen LogP contribution in [-0.2, 0) is 27.1 Å². The van der Waals surface area contributed by atoms with Crippen molar-refractivity contribution in [2.75, 3.05) is 19.8 Å². The Hall–Kier alpha value is -1.38. The number of carbonyl (C=O) groups excluding carboxylic acids is 1. The Balaban J connectivity index is 1.71. The monoisotopic (exact) mass is 382 g/mol. The summed E-state index contributed by atoms with van der Waals surface area (Å²) in [6.07, 6.45) is 4.28. The Morgan fingerprint density at radius 2 is 2.16 bits per heavy atom. The number of rotatable bonds is 7. The molecule has 0 spiro atoms. The van der Waals surface area contributed by atoms with Crippen molar-refractivity contribution in [3.63, 3.8) is 0 Å². The molecule has 0 unspecified atom stereocenters. The zero-order valence-electron chi connectivity index (χ0n) is 14.4. The largest absolute Gasteiger partial charge is 0.462 e. The lowest BCUT2D eigenvalue weighted by Gasteiger charge is -2.11. The second kappa shape index (κ2) is 8.33. The number of esters is 1. The SMILES string of the molecule is CCOCCOC(=O)[C@@H](C)Sc1nc2sc3c(c2c(=O)[nH]1)CCCC3. The lowest BCUT2D eigenvalue weighted by atomic mass is 9.97. The van der Waals surface area contributed by atoms with Gasteiger partial charge in [-0.1, -0.05) is 11.8 Å². The van der Waals surface area contributed by atoms with Crippen molar-refractivity contribution in [2.24, 2.45) is 0 Å². The maximum Gasteiger partial charge on any atom is 0.319 e. The minimum Gasteiger partial charge on any atom is -0.462 e. The number of aryl methyl sites for hydroxylation is 2. The molecule has 2 aromatic rings. The Labute approximate surface area is 154 Å². The second-order valence-corrected chi connectivity index (χ2v) is 8.30. The number of thioether (sulfide) groups is 1. The summed E-state index contributed by atoms with van der Waals surface area (Å²) in [5.74, 6) is -0.335. The van der Waals surface area contributed by atoms with Gasteiger partial charge in [-0.2, -0.15) is 0 Å². The third-order valence-corrected chi connectivity index (χ3v) is 6.25. The van der Waals surface area contributed by atoms with E-state index >= 15 is 0 Å². The normalized spacial score (nSPS) is 15.1. The molecule has 6 nitrogen and oxygen atoms in total. The van der Waals surface area contributed by atoms with E-state index in [1.165, 1.54) is 28.6 Å². The molecule has 0 fully saturated rings. The first-order valence-corrected chi connectivity index (χ1v) is 10.3. The first-order valence-electron chi connectivity index (χ1n) is 8.55. The van der Waals surface area contributed by atoms with E-state index in [9.17, 15) is 9.59 Å². The van der Waals surface area contributed by atoms with Crippen molar-refractivity contribution in [3.8, 4) is 0 Å². The molecule has 0 saturated carbocycles. The van der Waals surface area contributed by atoms with Gasteiger partial charge in [0.05, 0.1) is 12.0 Å². The van der Waals surface area contributed by atoms with Crippen LogP contribution in [-0.4, -0.2) is 41.0 Å². The number of fused-ring (bicyclic) bond motifs is 3. The van der Waals surface area contributed by atoms with Crippen LogP contribution in [0.1, 0.15) is 37.1 Å². The number of hydrogen-bond acceptors (Lipinski definition) is 7. The average Bonchev–Trinajstić information content (AvgIpc) is 2.97. The van der Waals surface area contributed by atoms with Crippen LogP contribution in [0.25, 0.3) is 10.2 Å². The molecular weight excluding hydrogens is 360 g/mol. The third-order valence-electron chi connectivity index (χ3n) is 4.10. The number of H-pyrrole nitrogens is 1. The number of hydrogen-bond donors (Lipinski definition) is 1. The summed E-state index contributed by atoms with van der Waals surface area (Å²) in [6, 6.07) is 0. The van der Waals surface area contributed by atoms with E-state index in [1.807, 2.05) is 6.92 Å². The van der Waals surface area contributed by atoms with Gasteiger partial charge in [0.1, 0.15) is 16.7 Å². The van der Waals surface area contributed by atoms with E-state index < -0.39 is 5.25 Å².